The third kappa shape index (κ3) is 5.58. The summed E-state index contributed by atoms with van der Waals surface area (Å²) < 4.78 is 6.93. The van der Waals surface area contributed by atoms with Crippen LogP contribution in [0.3, 0.4) is 0 Å². The number of halogens is 2. The molecule has 3 aromatic rings. The third-order valence-electron chi connectivity index (χ3n) is 6.62. The van der Waals surface area contributed by atoms with Gasteiger partial charge in [0.25, 0.3) is 0 Å². The fourth-order valence-corrected chi connectivity index (χ4v) is 6.86. The highest BCUT2D eigenvalue weighted by atomic mass is 79.9. The van der Waals surface area contributed by atoms with Gasteiger partial charge in [-0.25, -0.2) is 9.97 Å². The minimum absolute atomic E-state index is 0.0597. The Balaban J connectivity index is 1.37. The first-order valence-corrected chi connectivity index (χ1v) is 14.2. The Morgan fingerprint density at radius 1 is 1.34 bits per heavy atom. The topological polar surface area (TPSA) is 102 Å². The number of anilines is 1. The molecule has 35 heavy (non-hydrogen) atoms. The van der Waals surface area contributed by atoms with Gasteiger partial charge in [-0.15, -0.1) is 11.3 Å². The highest BCUT2D eigenvalue weighted by Crippen LogP contribution is 2.39. The Hall–Kier alpha value is -1.53. The smallest absolute Gasteiger partial charge is 0.208 e. The van der Waals surface area contributed by atoms with E-state index in [0.717, 1.165) is 54.5 Å². The Labute approximate surface area is 226 Å². The van der Waals surface area contributed by atoms with Gasteiger partial charge in [-0.1, -0.05) is 33.6 Å². The fourth-order valence-electron chi connectivity index (χ4n) is 4.92. The van der Waals surface area contributed by atoms with Gasteiger partial charge in [-0.2, -0.15) is 0 Å². The van der Waals surface area contributed by atoms with E-state index in [9.17, 15) is 4.79 Å². The Morgan fingerprint density at radius 3 is 3.09 bits per heavy atom. The summed E-state index contributed by atoms with van der Waals surface area (Å²) in [5, 5.41) is 12.4. The molecule has 3 heterocycles. The zero-order valence-electron chi connectivity index (χ0n) is 18.8. The number of carbonyl (C=O) groups excluding carboxylic acids is 1. The molecule has 5 rings (SSSR count). The van der Waals surface area contributed by atoms with Crippen molar-refractivity contribution in [1.82, 2.24) is 15.3 Å². The van der Waals surface area contributed by atoms with Gasteiger partial charge in [-0.05, 0) is 60.9 Å². The average molecular weight is 595 g/mol. The first kappa shape index (κ1) is 25.1. The molecule has 2 aliphatic rings. The molecule has 0 amide bonds. The number of ketones is 1. The molecule has 4 N–H and O–H groups in total. The van der Waals surface area contributed by atoms with Crippen molar-refractivity contribution in [3.05, 3.63) is 72.7 Å². The van der Waals surface area contributed by atoms with E-state index in [1.165, 1.54) is 28.8 Å². The van der Waals surface area contributed by atoms with E-state index in [1.54, 1.807) is 6.20 Å². The largest absolute Gasteiger partial charge is 0.367 e. The van der Waals surface area contributed by atoms with Crippen molar-refractivity contribution in [2.45, 2.75) is 37.8 Å². The zero-order valence-corrected chi connectivity index (χ0v) is 22.8. The Kier molecular flexibility index (Phi) is 8.08. The first-order chi connectivity index (χ1) is 17.0. The number of nitrogens with zero attached hydrogens (tertiary/aromatic N) is 2. The van der Waals surface area contributed by atoms with E-state index in [4.69, 9.17) is 20.9 Å². The third-order valence-corrected chi connectivity index (χ3v) is 8.77. The van der Waals surface area contributed by atoms with Crippen LogP contribution in [0.15, 0.2) is 41.3 Å². The minimum atomic E-state index is -0.131. The lowest BCUT2D eigenvalue weighted by atomic mass is 9.91. The van der Waals surface area contributed by atoms with Crippen LogP contribution in [0, 0.1) is 5.92 Å². The van der Waals surface area contributed by atoms with Crippen LogP contribution in [0.1, 0.15) is 57.2 Å². The summed E-state index contributed by atoms with van der Waals surface area (Å²) >= 11 is 12.5. The second-order valence-corrected chi connectivity index (χ2v) is 11.8. The maximum atomic E-state index is 13.6. The second kappa shape index (κ2) is 11.2. The SMILES string of the molecule is NSOCC1CCC(Nc2ncncc2C(=O)c2cc(C3NCCc4ccc(Br)cc43)c(Cl)s2)C1. The molecular formula is C24H25BrClN5O2S2. The summed E-state index contributed by atoms with van der Waals surface area (Å²) in [4.78, 5) is 22.7. The molecule has 7 nitrogen and oxygen atoms in total. The van der Waals surface area contributed by atoms with E-state index in [2.05, 4.69) is 54.7 Å². The molecule has 0 saturated heterocycles. The maximum absolute atomic E-state index is 13.6. The van der Waals surface area contributed by atoms with Gasteiger partial charge in [0.1, 0.15) is 12.1 Å². The summed E-state index contributed by atoms with van der Waals surface area (Å²) in [5.74, 6) is 0.865. The van der Waals surface area contributed by atoms with Crippen LogP contribution in [-0.2, 0) is 10.6 Å². The number of thiophene rings is 1. The van der Waals surface area contributed by atoms with Gasteiger partial charge in [-0.3, -0.25) is 9.93 Å². The van der Waals surface area contributed by atoms with Gasteiger partial charge >= 0.3 is 0 Å². The van der Waals surface area contributed by atoms with Crippen molar-refractivity contribution in [3.8, 4) is 0 Å². The highest BCUT2D eigenvalue weighted by molar-refractivity contribution is 9.10. The number of nitrogens with two attached hydrogens (primary N) is 1. The maximum Gasteiger partial charge on any atom is 0.208 e. The summed E-state index contributed by atoms with van der Waals surface area (Å²) in [5.41, 5.74) is 3.85. The molecule has 3 atom stereocenters. The number of benzene rings is 1. The lowest BCUT2D eigenvalue weighted by molar-refractivity contribution is 0.104. The zero-order chi connectivity index (χ0) is 24.4. The monoisotopic (exact) mass is 593 g/mol. The standard InChI is InChI=1S/C24H25BrClN5O2S2/c25-15-3-2-14-5-6-29-21(17(14)8-15)18-9-20(34-23(18)26)22(32)19-10-28-12-30-24(19)31-16-4-1-13(7-16)11-33-35-27/h2-3,8-10,12-13,16,21,29H,1,4-7,11,27H2,(H,28,30,31). The number of rotatable bonds is 8. The lowest BCUT2D eigenvalue weighted by Crippen LogP contribution is -2.30. The number of fused-ring (bicyclic) bond motifs is 1. The van der Waals surface area contributed by atoms with Gasteiger partial charge in [0.15, 0.2) is 0 Å². The van der Waals surface area contributed by atoms with Crippen LogP contribution in [0.25, 0.3) is 0 Å². The van der Waals surface area contributed by atoms with E-state index >= 15 is 0 Å². The first-order valence-electron chi connectivity index (χ1n) is 11.4. The number of carbonyl (C=O) groups is 1. The van der Waals surface area contributed by atoms with Crippen molar-refractivity contribution in [2.75, 3.05) is 18.5 Å². The van der Waals surface area contributed by atoms with E-state index in [1.807, 2.05) is 6.07 Å². The molecule has 2 aromatic heterocycles. The molecule has 1 saturated carbocycles. The van der Waals surface area contributed by atoms with Crippen molar-refractivity contribution in [2.24, 2.45) is 11.1 Å². The predicted octanol–water partition coefficient (Wildman–Crippen LogP) is 5.54. The van der Waals surface area contributed by atoms with Crippen molar-refractivity contribution >= 4 is 62.7 Å². The molecule has 0 spiro atoms. The molecule has 184 valence electrons. The molecule has 0 bridgehead atoms. The highest BCUT2D eigenvalue weighted by Gasteiger charge is 2.29. The van der Waals surface area contributed by atoms with Crippen LogP contribution in [0.5, 0.6) is 0 Å². The minimum Gasteiger partial charge on any atom is -0.367 e. The number of aromatic nitrogens is 2. The van der Waals surface area contributed by atoms with Crippen molar-refractivity contribution in [3.63, 3.8) is 0 Å². The van der Waals surface area contributed by atoms with Crippen LogP contribution in [-0.4, -0.2) is 34.9 Å². The quantitative estimate of drug-likeness (QED) is 0.178. The van der Waals surface area contributed by atoms with Gasteiger partial charge < -0.3 is 14.8 Å². The summed E-state index contributed by atoms with van der Waals surface area (Å²) in [6, 6.07) is 8.40. The number of hydrogen-bond acceptors (Lipinski definition) is 9. The number of hydrogen-bond donors (Lipinski definition) is 3. The molecule has 1 aliphatic carbocycles. The molecule has 1 fully saturated rings. The molecule has 0 radical (unpaired) electrons. The van der Waals surface area contributed by atoms with E-state index < -0.39 is 0 Å². The second-order valence-electron chi connectivity index (χ2n) is 8.84. The van der Waals surface area contributed by atoms with E-state index in [-0.39, 0.29) is 17.9 Å². The van der Waals surface area contributed by atoms with E-state index in [0.29, 0.717) is 33.1 Å². The van der Waals surface area contributed by atoms with Crippen LogP contribution >= 0.6 is 51.1 Å². The van der Waals surface area contributed by atoms with Gasteiger partial charge in [0.2, 0.25) is 5.78 Å². The Bertz CT molecular complexity index is 1230. The summed E-state index contributed by atoms with van der Waals surface area (Å²) in [7, 11) is 0. The molecule has 1 aliphatic heterocycles. The molecule has 3 unspecified atom stereocenters. The van der Waals surface area contributed by atoms with Gasteiger partial charge in [0.05, 0.1) is 39.7 Å². The average Bonchev–Trinajstić information content (AvgIpc) is 3.48. The molecule has 11 heteroatoms. The van der Waals surface area contributed by atoms with Crippen molar-refractivity contribution < 1.29 is 8.98 Å². The fraction of sp³-hybridized carbons (Fsp3) is 0.375. The van der Waals surface area contributed by atoms with Crippen LogP contribution < -0.4 is 15.8 Å². The predicted molar refractivity (Wildman–Crippen MR) is 145 cm³/mol. The summed E-state index contributed by atoms with van der Waals surface area (Å²) in [6.07, 6.45) is 6.97. The van der Waals surface area contributed by atoms with Crippen molar-refractivity contribution in [1.29, 1.82) is 0 Å². The number of nitrogens with one attached hydrogen (secondary N) is 2. The molecule has 1 aromatic carbocycles. The van der Waals surface area contributed by atoms with Crippen LogP contribution in [0.2, 0.25) is 4.34 Å². The molecular weight excluding hydrogens is 570 g/mol. The normalized spacial score (nSPS) is 21.6. The summed E-state index contributed by atoms with van der Waals surface area (Å²) in [6.45, 7) is 1.48. The Morgan fingerprint density at radius 2 is 2.23 bits per heavy atom. The lowest BCUT2D eigenvalue weighted by Gasteiger charge is -2.27. The van der Waals surface area contributed by atoms with Crippen LogP contribution in [0.4, 0.5) is 5.82 Å². The van der Waals surface area contributed by atoms with Gasteiger partial charge in [0, 0.05) is 28.8 Å².